The highest BCUT2D eigenvalue weighted by Crippen LogP contribution is 2.15. The van der Waals surface area contributed by atoms with Crippen LogP contribution in [0.15, 0.2) is 0 Å². The zero-order valence-corrected chi connectivity index (χ0v) is 17.7. The Morgan fingerprint density at radius 3 is 1.28 bits per heavy atom. The molecule has 2 nitrogen and oxygen atoms in total. The van der Waals surface area contributed by atoms with Crippen molar-refractivity contribution in [1.29, 1.82) is 0 Å². The van der Waals surface area contributed by atoms with Crippen LogP contribution in [0.1, 0.15) is 129 Å². The van der Waals surface area contributed by atoms with Gasteiger partial charge in [-0.05, 0) is 12.8 Å². The molecule has 0 amide bonds. The van der Waals surface area contributed by atoms with Gasteiger partial charge in [-0.3, -0.25) is 0 Å². The summed E-state index contributed by atoms with van der Waals surface area (Å²) in [5, 5.41) is 12.6. The highest BCUT2D eigenvalue weighted by atomic mass is 16.3. The SMILES string of the molecule is CCCCCCCCCCC(CCCCCCCCCC)NCCO. The first kappa shape index (κ1) is 24.9. The van der Waals surface area contributed by atoms with Gasteiger partial charge in [0.2, 0.25) is 0 Å². The lowest BCUT2D eigenvalue weighted by molar-refractivity contribution is 0.277. The van der Waals surface area contributed by atoms with Gasteiger partial charge in [0.25, 0.3) is 0 Å². The molecule has 0 radical (unpaired) electrons. The summed E-state index contributed by atoms with van der Waals surface area (Å²) in [6.07, 6.45) is 25.0. The molecule has 25 heavy (non-hydrogen) atoms. The van der Waals surface area contributed by atoms with Crippen LogP contribution < -0.4 is 5.32 Å². The Labute approximate surface area is 159 Å². The van der Waals surface area contributed by atoms with Crippen molar-refractivity contribution in [3.05, 3.63) is 0 Å². The van der Waals surface area contributed by atoms with Crippen LogP contribution >= 0.6 is 0 Å². The lowest BCUT2D eigenvalue weighted by Crippen LogP contribution is -2.31. The van der Waals surface area contributed by atoms with Crippen LogP contribution in [0, 0.1) is 0 Å². The van der Waals surface area contributed by atoms with Crippen LogP contribution in [-0.4, -0.2) is 24.3 Å². The second-order valence-electron chi connectivity index (χ2n) is 7.90. The van der Waals surface area contributed by atoms with Gasteiger partial charge in [-0.15, -0.1) is 0 Å². The molecule has 0 aliphatic rings. The molecule has 0 unspecified atom stereocenters. The third-order valence-corrected chi connectivity index (χ3v) is 5.36. The maximum absolute atomic E-state index is 9.08. The average Bonchev–Trinajstić information content (AvgIpc) is 2.63. The van der Waals surface area contributed by atoms with Gasteiger partial charge in [0.1, 0.15) is 0 Å². The van der Waals surface area contributed by atoms with Gasteiger partial charge in [0, 0.05) is 12.6 Å². The number of unbranched alkanes of at least 4 members (excludes halogenated alkanes) is 14. The lowest BCUT2D eigenvalue weighted by Gasteiger charge is -2.18. The van der Waals surface area contributed by atoms with E-state index in [-0.39, 0.29) is 6.61 Å². The highest BCUT2D eigenvalue weighted by molar-refractivity contribution is 4.67. The molecule has 0 saturated carbocycles. The third-order valence-electron chi connectivity index (χ3n) is 5.36. The van der Waals surface area contributed by atoms with E-state index in [1.807, 2.05) is 0 Å². The van der Waals surface area contributed by atoms with E-state index in [2.05, 4.69) is 19.2 Å². The van der Waals surface area contributed by atoms with Crippen LogP contribution in [-0.2, 0) is 0 Å². The maximum Gasteiger partial charge on any atom is 0.0556 e. The van der Waals surface area contributed by atoms with E-state index in [0.29, 0.717) is 6.04 Å². The molecule has 0 heterocycles. The molecule has 0 atom stereocenters. The Morgan fingerprint density at radius 1 is 0.560 bits per heavy atom. The minimum absolute atomic E-state index is 0.269. The predicted molar refractivity (Wildman–Crippen MR) is 113 cm³/mol. The van der Waals surface area contributed by atoms with E-state index >= 15 is 0 Å². The van der Waals surface area contributed by atoms with Crippen molar-refractivity contribution in [3.63, 3.8) is 0 Å². The van der Waals surface area contributed by atoms with Crippen molar-refractivity contribution in [2.45, 2.75) is 135 Å². The first-order valence-corrected chi connectivity index (χ1v) is 11.7. The highest BCUT2D eigenvalue weighted by Gasteiger charge is 2.07. The molecular weight excluding hydrogens is 306 g/mol. The summed E-state index contributed by atoms with van der Waals surface area (Å²) in [5.41, 5.74) is 0. The standard InChI is InChI=1S/C23H49NO/c1-3-5-7-9-11-13-15-17-19-23(24-21-22-25)20-18-16-14-12-10-8-6-4-2/h23-25H,3-22H2,1-2H3. The van der Waals surface area contributed by atoms with Gasteiger partial charge in [-0.1, -0.05) is 117 Å². The van der Waals surface area contributed by atoms with E-state index in [1.54, 1.807) is 0 Å². The number of hydrogen-bond donors (Lipinski definition) is 2. The van der Waals surface area contributed by atoms with Gasteiger partial charge < -0.3 is 10.4 Å². The minimum Gasteiger partial charge on any atom is -0.395 e. The van der Waals surface area contributed by atoms with Crippen molar-refractivity contribution in [2.24, 2.45) is 0 Å². The minimum atomic E-state index is 0.269. The molecule has 2 heteroatoms. The van der Waals surface area contributed by atoms with Crippen LogP contribution in [0.25, 0.3) is 0 Å². The van der Waals surface area contributed by atoms with Gasteiger partial charge in [0.05, 0.1) is 6.61 Å². The fourth-order valence-corrected chi connectivity index (χ4v) is 3.67. The molecule has 0 saturated heterocycles. The Balaban J connectivity index is 3.54. The molecule has 0 aliphatic carbocycles. The lowest BCUT2D eigenvalue weighted by atomic mass is 9.99. The fourth-order valence-electron chi connectivity index (χ4n) is 3.67. The number of rotatable bonds is 21. The number of nitrogens with one attached hydrogen (secondary N) is 1. The van der Waals surface area contributed by atoms with Crippen LogP contribution in [0.3, 0.4) is 0 Å². The molecular formula is C23H49NO. The van der Waals surface area contributed by atoms with Crippen LogP contribution in [0.2, 0.25) is 0 Å². The number of aliphatic hydroxyl groups excluding tert-OH is 1. The first-order valence-electron chi connectivity index (χ1n) is 11.7. The van der Waals surface area contributed by atoms with Crippen LogP contribution in [0.5, 0.6) is 0 Å². The van der Waals surface area contributed by atoms with Gasteiger partial charge in [-0.25, -0.2) is 0 Å². The van der Waals surface area contributed by atoms with E-state index in [1.165, 1.54) is 116 Å². The monoisotopic (exact) mass is 355 g/mol. The molecule has 0 aromatic carbocycles. The maximum atomic E-state index is 9.08. The summed E-state index contributed by atoms with van der Waals surface area (Å²) in [6, 6.07) is 0.632. The van der Waals surface area contributed by atoms with Gasteiger partial charge in [0.15, 0.2) is 0 Å². The largest absolute Gasteiger partial charge is 0.395 e. The van der Waals surface area contributed by atoms with Crippen molar-refractivity contribution in [2.75, 3.05) is 13.2 Å². The second kappa shape index (κ2) is 22.0. The Kier molecular flexibility index (Phi) is 21.9. The van der Waals surface area contributed by atoms with Crippen molar-refractivity contribution >= 4 is 0 Å². The number of hydrogen-bond acceptors (Lipinski definition) is 2. The normalized spacial score (nSPS) is 11.5. The molecule has 0 fully saturated rings. The summed E-state index contributed by atoms with van der Waals surface area (Å²) < 4.78 is 0. The molecule has 0 aliphatic heterocycles. The zero-order valence-electron chi connectivity index (χ0n) is 17.7. The summed E-state index contributed by atoms with van der Waals surface area (Å²) in [5.74, 6) is 0. The average molecular weight is 356 g/mol. The third kappa shape index (κ3) is 20.1. The smallest absolute Gasteiger partial charge is 0.0556 e. The van der Waals surface area contributed by atoms with E-state index in [0.717, 1.165) is 6.54 Å². The Bertz CT molecular complexity index is 212. The quantitative estimate of drug-likeness (QED) is 0.217. The van der Waals surface area contributed by atoms with Crippen molar-refractivity contribution in [1.82, 2.24) is 5.32 Å². The molecule has 0 aromatic rings. The van der Waals surface area contributed by atoms with E-state index in [9.17, 15) is 0 Å². The summed E-state index contributed by atoms with van der Waals surface area (Å²) in [7, 11) is 0. The summed E-state index contributed by atoms with van der Waals surface area (Å²) >= 11 is 0. The van der Waals surface area contributed by atoms with Gasteiger partial charge in [-0.2, -0.15) is 0 Å². The van der Waals surface area contributed by atoms with E-state index < -0.39 is 0 Å². The molecule has 0 bridgehead atoms. The molecule has 0 spiro atoms. The molecule has 0 rings (SSSR count). The fraction of sp³-hybridized carbons (Fsp3) is 1.00. The predicted octanol–water partition coefficient (Wildman–Crippen LogP) is 7.00. The zero-order chi connectivity index (χ0) is 18.4. The van der Waals surface area contributed by atoms with Crippen LogP contribution in [0.4, 0.5) is 0 Å². The summed E-state index contributed by atoms with van der Waals surface area (Å²) in [6.45, 7) is 5.60. The van der Waals surface area contributed by atoms with Crippen molar-refractivity contribution in [3.8, 4) is 0 Å². The topological polar surface area (TPSA) is 32.3 Å². The molecule has 152 valence electrons. The summed E-state index contributed by atoms with van der Waals surface area (Å²) in [4.78, 5) is 0. The number of aliphatic hydroxyl groups is 1. The van der Waals surface area contributed by atoms with Crippen molar-refractivity contribution < 1.29 is 5.11 Å². The molecule has 0 aromatic heterocycles. The van der Waals surface area contributed by atoms with E-state index in [4.69, 9.17) is 5.11 Å². The first-order chi connectivity index (χ1) is 12.3. The Morgan fingerprint density at radius 2 is 0.920 bits per heavy atom. The van der Waals surface area contributed by atoms with Gasteiger partial charge >= 0.3 is 0 Å². The molecule has 2 N–H and O–H groups in total. The Hall–Kier alpha value is -0.0800. The second-order valence-corrected chi connectivity index (χ2v) is 7.90.